The molecule has 1 heterocycles. The smallest absolute Gasteiger partial charge is 0.322 e. The van der Waals surface area contributed by atoms with Gasteiger partial charge in [-0.25, -0.2) is 0 Å². The highest BCUT2D eigenvalue weighted by molar-refractivity contribution is 14.1. The van der Waals surface area contributed by atoms with Crippen LogP contribution in [0.5, 0.6) is 0 Å². The molecule has 0 bridgehead atoms. The van der Waals surface area contributed by atoms with Gasteiger partial charge in [0, 0.05) is 9.99 Å². The molecule has 0 amide bonds. The van der Waals surface area contributed by atoms with E-state index in [1.165, 1.54) is 0 Å². The molecule has 1 atom stereocenters. The van der Waals surface area contributed by atoms with Crippen LogP contribution in [0, 0.1) is 8.99 Å². The van der Waals surface area contributed by atoms with Gasteiger partial charge in [0.2, 0.25) is 0 Å². The summed E-state index contributed by atoms with van der Waals surface area (Å²) in [6, 6.07) is 7.79. The molecule has 1 aliphatic heterocycles. The Labute approximate surface area is 132 Å². The summed E-state index contributed by atoms with van der Waals surface area (Å²) in [5, 5.41) is 0. The third kappa shape index (κ3) is 3.20. The molecule has 1 aliphatic rings. The Hall–Kier alpha value is -0.950. The van der Waals surface area contributed by atoms with Crippen LogP contribution in [0.1, 0.15) is 18.9 Å². The van der Waals surface area contributed by atoms with E-state index in [1.54, 1.807) is 6.92 Å². The van der Waals surface area contributed by atoms with Crippen LogP contribution in [0.25, 0.3) is 0 Å². The van der Waals surface area contributed by atoms with E-state index in [-0.39, 0.29) is 25.4 Å². The highest BCUT2D eigenvalue weighted by Gasteiger charge is 2.48. The summed E-state index contributed by atoms with van der Waals surface area (Å²) in [5.74, 6) is -0.552. The molecule has 1 fully saturated rings. The Morgan fingerprint density at radius 2 is 2.10 bits per heavy atom. The Balaban J connectivity index is 2.28. The number of ketones is 1. The van der Waals surface area contributed by atoms with Crippen molar-refractivity contribution in [2.24, 2.45) is 5.41 Å². The van der Waals surface area contributed by atoms with Gasteiger partial charge in [0.25, 0.3) is 0 Å². The minimum Gasteiger partial charge on any atom is -0.465 e. The quantitative estimate of drug-likeness (QED) is 0.452. The lowest BCUT2D eigenvalue weighted by atomic mass is 9.76. The largest absolute Gasteiger partial charge is 0.465 e. The minimum atomic E-state index is -1.18. The number of esters is 1. The van der Waals surface area contributed by atoms with Gasteiger partial charge in [-0.15, -0.1) is 0 Å². The van der Waals surface area contributed by atoms with E-state index >= 15 is 0 Å². The van der Waals surface area contributed by atoms with Crippen molar-refractivity contribution in [2.45, 2.75) is 19.8 Å². The zero-order valence-corrected chi connectivity index (χ0v) is 13.5. The number of hydrogen-bond acceptors (Lipinski definition) is 4. The lowest BCUT2D eigenvalue weighted by molar-refractivity contribution is -0.169. The van der Waals surface area contributed by atoms with Gasteiger partial charge >= 0.3 is 5.97 Å². The lowest BCUT2D eigenvalue weighted by Gasteiger charge is -2.33. The standard InChI is InChI=1S/C15H17IO4/c1-2-20-14(18)15(10-19-8-7-13(15)17)9-11-3-5-12(16)6-4-11/h3-6H,2,7-10H2,1H3. The number of ether oxygens (including phenoxy) is 2. The molecule has 0 radical (unpaired) electrons. The molecular formula is C15H17IO4. The van der Waals surface area contributed by atoms with Crippen molar-refractivity contribution in [3.05, 3.63) is 33.4 Å². The molecule has 5 heteroatoms. The summed E-state index contributed by atoms with van der Waals surface area (Å²) < 4.78 is 11.6. The molecule has 1 unspecified atom stereocenters. The van der Waals surface area contributed by atoms with E-state index in [4.69, 9.17) is 9.47 Å². The molecule has 1 saturated heterocycles. The second-order valence-corrected chi connectivity index (χ2v) is 6.08. The number of halogens is 1. The minimum absolute atomic E-state index is 0.0826. The molecule has 4 nitrogen and oxygen atoms in total. The van der Waals surface area contributed by atoms with Gasteiger partial charge in [0.1, 0.15) is 0 Å². The van der Waals surface area contributed by atoms with Crippen LogP contribution in [0.15, 0.2) is 24.3 Å². The van der Waals surface area contributed by atoms with Gasteiger partial charge < -0.3 is 9.47 Å². The molecule has 0 spiro atoms. The zero-order chi connectivity index (χ0) is 14.6. The van der Waals surface area contributed by atoms with Crippen molar-refractivity contribution >= 4 is 34.3 Å². The molecule has 0 aromatic heterocycles. The van der Waals surface area contributed by atoms with Crippen LogP contribution in [0.4, 0.5) is 0 Å². The molecule has 1 aromatic carbocycles. The van der Waals surface area contributed by atoms with Crippen LogP contribution in [-0.2, 0) is 25.5 Å². The van der Waals surface area contributed by atoms with Crippen molar-refractivity contribution < 1.29 is 19.1 Å². The van der Waals surface area contributed by atoms with Crippen LogP contribution < -0.4 is 0 Å². The summed E-state index contributed by atoms with van der Waals surface area (Å²) in [5.41, 5.74) is -0.238. The fourth-order valence-corrected chi connectivity index (χ4v) is 2.71. The molecular weight excluding hydrogens is 371 g/mol. The molecule has 0 N–H and O–H groups in total. The first-order valence-corrected chi connectivity index (χ1v) is 7.69. The van der Waals surface area contributed by atoms with E-state index < -0.39 is 11.4 Å². The van der Waals surface area contributed by atoms with Gasteiger partial charge in [-0.3, -0.25) is 9.59 Å². The average molecular weight is 388 g/mol. The SMILES string of the molecule is CCOC(=O)C1(Cc2ccc(I)cc2)COCCC1=O. The van der Waals surface area contributed by atoms with Gasteiger partial charge in [-0.2, -0.15) is 0 Å². The Bertz CT molecular complexity index is 497. The molecule has 0 saturated carbocycles. The molecule has 108 valence electrons. The summed E-state index contributed by atoms with van der Waals surface area (Å²) in [4.78, 5) is 24.6. The van der Waals surface area contributed by atoms with Crippen molar-refractivity contribution in [3.63, 3.8) is 0 Å². The highest BCUT2D eigenvalue weighted by atomic mass is 127. The monoisotopic (exact) mass is 388 g/mol. The fraction of sp³-hybridized carbons (Fsp3) is 0.467. The maximum atomic E-state index is 12.3. The number of Topliss-reactive ketones (excluding diaryl/α,β-unsaturated/α-hetero) is 1. The van der Waals surface area contributed by atoms with Gasteiger partial charge in [0.15, 0.2) is 11.2 Å². The Morgan fingerprint density at radius 1 is 1.40 bits per heavy atom. The predicted octanol–water partition coefficient (Wildman–Crippen LogP) is 2.37. The molecule has 2 rings (SSSR count). The van der Waals surface area contributed by atoms with Crippen LogP contribution in [-0.4, -0.2) is 31.6 Å². The predicted molar refractivity (Wildman–Crippen MR) is 82.4 cm³/mol. The Morgan fingerprint density at radius 3 is 2.70 bits per heavy atom. The van der Waals surface area contributed by atoms with E-state index in [2.05, 4.69) is 22.6 Å². The van der Waals surface area contributed by atoms with Gasteiger partial charge in [-0.05, 0) is 53.6 Å². The van der Waals surface area contributed by atoms with Gasteiger partial charge in [0.05, 0.1) is 19.8 Å². The van der Waals surface area contributed by atoms with Crippen molar-refractivity contribution in [1.29, 1.82) is 0 Å². The number of carbonyl (C=O) groups is 2. The third-order valence-corrected chi connectivity index (χ3v) is 4.16. The van der Waals surface area contributed by atoms with E-state index in [0.29, 0.717) is 13.0 Å². The first kappa shape index (κ1) is 15.4. The maximum Gasteiger partial charge on any atom is 0.322 e. The Kier molecular flexibility index (Phi) is 5.15. The van der Waals surface area contributed by atoms with Crippen molar-refractivity contribution in [3.8, 4) is 0 Å². The topological polar surface area (TPSA) is 52.6 Å². The number of benzene rings is 1. The summed E-state index contributed by atoms with van der Waals surface area (Å²) in [7, 11) is 0. The molecule has 1 aromatic rings. The summed E-state index contributed by atoms with van der Waals surface area (Å²) in [6.07, 6.45) is 0.602. The van der Waals surface area contributed by atoms with Gasteiger partial charge in [-0.1, -0.05) is 12.1 Å². The molecule has 20 heavy (non-hydrogen) atoms. The second-order valence-electron chi connectivity index (χ2n) is 4.83. The van der Waals surface area contributed by atoms with Crippen molar-refractivity contribution in [2.75, 3.05) is 19.8 Å². The number of rotatable bonds is 4. The van der Waals surface area contributed by atoms with Crippen LogP contribution in [0.2, 0.25) is 0 Å². The highest BCUT2D eigenvalue weighted by Crippen LogP contribution is 2.31. The normalized spacial score (nSPS) is 22.6. The molecule has 0 aliphatic carbocycles. The van der Waals surface area contributed by atoms with Crippen molar-refractivity contribution in [1.82, 2.24) is 0 Å². The number of carbonyl (C=O) groups excluding carboxylic acids is 2. The first-order valence-electron chi connectivity index (χ1n) is 6.61. The lowest BCUT2D eigenvalue weighted by Crippen LogP contribution is -2.49. The third-order valence-electron chi connectivity index (χ3n) is 3.44. The van der Waals surface area contributed by atoms with E-state index in [1.807, 2.05) is 24.3 Å². The van der Waals surface area contributed by atoms with E-state index in [0.717, 1.165) is 9.13 Å². The zero-order valence-electron chi connectivity index (χ0n) is 11.4. The van der Waals surface area contributed by atoms with Crippen LogP contribution in [0.3, 0.4) is 0 Å². The summed E-state index contributed by atoms with van der Waals surface area (Å²) in [6.45, 7) is 2.49. The number of hydrogen-bond donors (Lipinski definition) is 0. The summed E-state index contributed by atoms with van der Waals surface area (Å²) >= 11 is 2.22. The van der Waals surface area contributed by atoms with Crippen LogP contribution >= 0.6 is 22.6 Å². The fourth-order valence-electron chi connectivity index (χ4n) is 2.35. The average Bonchev–Trinajstić information content (AvgIpc) is 2.44. The first-order chi connectivity index (χ1) is 9.58. The maximum absolute atomic E-state index is 12.3. The second kappa shape index (κ2) is 6.67. The van der Waals surface area contributed by atoms with E-state index in [9.17, 15) is 9.59 Å².